The van der Waals surface area contributed by atoms with Crippen LogP contribution in [0.1, 0.15) is 11.1 Å². The topological polar surface area (TPSA) is 49.7 Å². The molecule has 3 aromatic rings. The van der Waals surface area contributed by atoms with Crippen molar-refractivity contribution in [2.75, 3.05) is 0 Å². The van der Waals surface area contributed by atoms with E-state index in [1.54, 1.807) is 48.2 Å². The maximum Gasteiger partial charge on any atom is 0.198 e. The molecule has 3 rings (SSSR count). The van der Waals surface area contributed by atoms with Crippen molar-refractivity contribution in [3.63, 3.8) is 0 Å². The van der Waals surface area contributed by atoms with Gasteiger partial charge < -0.3 is 14.9 Å². The molecule has 0 aliphatic rings. The van der Waals surface area contributed by atoms with Crippen LogP contribution >= 0.6 is 24.0 Å². The monoisotopic (exact) mass is 368 g/mol. The molecule has 0 bridgehead atoms. The predicted molar refractivity (Wildman–Crippen MR) is 105 cm³/mol. The van der Waals surface area contributed by atoms with Gasteiger partial charge >= 0.3 is 0 Å². The van der Waals surface area contributed by atoms with Crippen molar-refractivity contribution in [3.05, 3.63) is 83.9 Å². The Morgan fingerprint density at radius 2 is 1.36 bits per heavy atom. The molecule has 0 aliphatic heterocycles. The van der Waals surface area contributed by atoms with E-state index in [0.717, 1.165) is 16.2 Å². The first-order chi connectivity index (χ1) is 12.1. The van der Waals surface area contributed by atoms with Crippen LogP contribution in [-0.4, -0.2) is 15.3 Å². The first-order valence-electron chi connectivity index (χ1n) is 7.62. The molecule has 0 saturated carbocycles. The third-order valence-electron chi connectivity index (χ3n) is 3.48. The van der Waals surface area contributed by atoms with Crippen LogP contribution in [0.25, 0.3) is 0 Å². The van der Waals surface area contributed by atoms with E-state index < -0.39 is 0 Å². The highest BCUT2D eigenvalue weighted by Gasteiger charge is 2.05. The molecule has 0 heterocycles. The van der Waals surface area contributed by atoms with E-state index in [0.29, 0.717) is 10.8 Å². The Balaban J connectivity index is 1.58. The lowest BCUT2D eigenvalue weighted by molar-refractivity contribution is 0.473. The SMILES string of the molecule is Oc1ccc(OC(=S)c2ccc(CSc3ccc(O)cc3)cc2)cc1. The Hall–Kier alpha value is -2.50. The van der Waals surface area contributed by atoms with Crippen LogP contribution in [0, 0.1) is 0 Å². The highest BCUT2D eigenvalue weighted by atomic mass is 32.2. The Morgan fingerprint density at radius 1 is 0.800 bits per heavy atom. The number of hydrogen-bond acceptors (Lipinski definition) is 5. The lowest BCUT2D eigenvalue weighted by atomic mass is 10.2. The molecule has 3 aromatic carbocycles. The van der Waals surface area contributed by atoms with Gasteiger partial charge in [0.2, 0.25) is 0 Å². The second kappa shape index (κ2) is 8.05. The number of phenolic OH excluding ortho intramolecular Hbond substituents is 2. The summed E-state index contributed by atoms with van der Waals surface area (Å²) in [7, 11) is 0. The Bertz CT molecular complexity index is 842. The van der Waals surface area contributed by atoms with Crippen LogP contribution in [0.5, 0.6) is 17.2 Å². The number of benzene rings is 3. The van der Waals surface area contributed by atoms with E-state index in [2.05, 4.69) is 0 Å². The van der Waals surface area contributed by atoms with Crippen molar-refractivity contribution in [2.24, 2.45) is 0 Å². The minimum atomic E-state index is 0.189. The molecule has 0 amide bonds. The minimum Gasteiger partial charge on any atom is -0.508 e. The minimum absolute atomic E-state index is 0.189. The molecule has 0 spiro atoms. The highest BCUT2D eigenvalue weighted by molar-refractivity contribution is 7.98. The number of ether oxygens (including phenoxy) is 1. The van der Waals surface area contributed by atoms with E-state index in [1.807, 2.05) is 36.4 Å². The first kappa shape index (κ1) is 17.3. The van der Waals surface area contributed by atoms with Crippen LogP contribution in [-0.2, 0) is 5.75 Å². The summed E-state index contributed by atoms with van der Waals surface area (Å²) in [6.07, 6.45) is 0. The smallest absolute Gasteiger partial charge is 0.198 e. The molecule has 0 aliphatic carbocycles. The van der Waals surface area contributed by atoms with Gasteiger partial charge in [-0.3, -0.25) is 0 Å². The Morgan fingerprint density at radius 3 is 1.96 bits per heavy atom. The maximum absolute atomic E-state index is 9.30. The predicted octanol–water partition coefficient (Wildman–Crippen LogP) is 5.14. The molecular weight excluding hydrogens is 352 g/mol. The van der Waals surface area contributed by atoms with Gasteiger partial charge in [-0.15, -0.1) is 11.8 Å². The maximum atomic E-state index is 9.30. The van der Waals surface area contributed by atoms with Crippen molar-refractivity contribution in [1.29, 1.82) is 0 Å². The summed E-state index contributed by atoms with van der Waals surface area (Å²) >= 11 is 7.02. The van der Waals surface area contributed by atoms with Gasteiger partial charge in [0.25, 0.3) is 0 Å². The molecule has 2 N–H and O–H groups in total. The highest BCUT2D eigenvalue weighted by Crippen LogP contribution is 2.25. The molecule has 3 nitrogen and oxygen atoms in total. The number of aromatic hydroxyl groups is 2. The van der Waals surface area contributed by atoms with E-state index >= 15 is 0 Å². The number of phenols is 2. The molecule has 0 saturated heterocycles. The van der Waals surface area contributed by atoms with Crippen molar-refractivity contribution >= 4 is 29.0 Å². The third-order valence-corrected chi connectivity index (χ3v) is 4.88. The Labute approximate surface area is 155 Å². The zero-order chi connectivity index (χ0) is 17.6. The van der Waals surface area contributed by atoms with Gasteiger partial charge in [-0.2, -0.15) is 0 Å². The average Bonchev–Trinajstić information content (AvgIpc) is 2.63. The summed E-state index contributed by atoms with van der Waals surface area (Å²) < 4.78 is 5.63. The summed E-state index contributed by atoms with van der Waals surface area (Å²) in [5.74, 6) is 1.88. The van der Waals surface area contributed by atoms with E-state index in [-0.39, 0.29) is 11.5 Å². The van der Waals surface area contributed by atoms with E-state index in [1.165, 1.54) is 5.56 Å². The molecule has 25 heavy (non-hydrogen) atoms. The lowest BCUT2D eigenvalue weighted by Crippen LogP contribution is -2.06. The standard InChI is InChI=1S/C20H16O3S2/c21-16-5-9-18(10-6-16)23-20(24)15-3-1-14(2-4-15)13-25-19-11-7-17(22)8-12-19/h1-12,21-22H,13H2. The van der Waals surface area contributed by atoms with E-state index in [4.69, 9.17) is 17.0 Å². The van der Waals surface area contributed by atoms with Crippen LogP contribution in [0.4, 0.5) is 0 Å². The van der Waals surface area contributed by atoms with Gasteiger partial charge in [0, 0.05) is 16.2 Å². The first-order valence-corrected chi connectivity index (χ1v) is 9.01. The number of rotatable bonds is 5. The van der Waals surface area contributed by atoms with Crippen LogP contribution in [0.3, 0.4) is 0 Å². The largest absolute Gasteiger partial charge is 0.508 e. The van der Waals surface area contributed by atoms with Crippen molar-refractivity contribution in [3.8, 4) is 17.2 Å². The fraction of sp³-hybridized carbons (Fsp3) is 0.0500. The van der Waals surface area contributed by atoms with Crippen molar-refractivity contribution in [1.82, 2.24) is 0 Å². The summed E-state index contributed by atoms with van der Waals surface area (Å²) in [6.45, 7) is 0. The summed E-state index contributed by atoms with van der Waals surface area (Å²) in [6, 6.07) is 21.5. The average molecular weight is 368 g/mol. The molecule has 0 fully saturated rings. The number of thioether (sulfide) groups is 1. The van der Waals surface area contributed by atoms with Gasteiger partial charge in [0.1, 0.15) is 17.2 Å². The van der Waals surface area contributed by atoms with Crippen LogP contribution in [0.15, 0.2) is 77.7 Å². The van der Waals surface area contributed by atoms with Gasteiger partial charge in [0.05, 0.1) is 0 Å². The third kappa shape index (κ3) is 4.98. The molecule has 5 heteroatoms. The fourth-order valence-corrected chi connectivity index (χ4v) is 3.21. The zero-order valence-electron chi connectivity index (χ0n) is 13.3. The van der Waals surface area contributed by atoms with Crippen molar-refractivity contribution < 1.29 is 14.9 Å². The quantitative estimate of drug-likeness (QED) is 0.482. The van der Waals surface area contributed by atoms with Gasteiger partial charge in [-0.25, -0.2) is 0 Å². The molecule has 0 aromatic heterocycles. The second-order valence-electron chi connectivity index (χ2n) is 5.36. The molecule has 0 atom stereocenters. The summed E-state index contributed by atoms with van der Waals surface area (Å²) in [5, 5.41) is 19.0. The van der Waals surface area contributed by atoms with Crippen LogP contribution in [0.2, 0.25) is 0 Å². The summed E-state index contributed by atoms with van der Waals surface area (Å²) in [5.41, 5.74) is 2.01. The number of thiocarbonyl (C=S) groups is 1. The van der Waals surface area contributed by atoms with E-state index in [9.17, 15) is 10.2 Å². The number of hydrogen-bond donors (Lipinski definition) is 2. The molecule has 0 radical (unpaired) electrons. The Kier molecular flexibility index (Phi) is 5.58. The lowest BCUT2D eigenvalue weighted by Gasteiger charge is -2.08. The van der Waals surface area contributed by atoms with Crippen molar-refractivity contribution in [2.45, 2.75) is 10.6 Å². The van der Waals surface area contributed by atoms with Gasteiger partial charge in [-0.05, 0) is 66.3 Å². The molecule has 0 unspecified atom stereocenters. The van der Waals surface area contributed by atoms with Crippen LogP contribution < -0.4 is 4.74 Å². The fourth-order valence-electron chi connectivity index (χ4n) is 2.13. The second-order valence-corrected chi connectivity index (χ2v) is 6.78. The normalized spacial score (nSPS) is 10.4. The van der Waals surface area contributed by atoms with Gasteiger partial charge in [-0.1, -0.05) is 24.3 Å². The molecular formula is C20H16O3S2. The zero-order valence-corrected chi connectivity index (χ0v) is 14.9. The molecule has 126 valence electrons. The van der Waals surface area contributed by atoms with Gasteiger partial charge in [0.15, 0.2) is 5.05 Å². The summed E-state index contributed by atoms with van der Waals surface area (Å²) in [4.78, 5) is 1.10.